The van der Waals surface area contributed by atoms with Gasteiger partial charge in [-0.3, -0.25) is 10.2 Å². The maximum atomic E-state index is 14.1. The lowest BCUT2D eigenvalue weighted by atomic mass is 9.92. The minimum Gasteiger partial charge on any atom is -0.505 e. The van der Waals surface area contributed by atoms with Crippen molar-refractivity contribution in [1.29, 1.82) is 5.26 Å². The molecule has 29 heavy (non-hydrogen) atoms. The average molecular weight is 406 g/mol. The average Bonchev–Trinajstić information content (AvgIpc) is 3.06. The second-order valence-corrected chi connectivity index (χ2v) is 6.64. The van der Waals surface area contributed by atoms with Gasteiger partial charge in [0.1, 0.15) is 5.54 Å². The van der Waals surface area contributed by atoms with Crippen molar-refractivity contribution in [2.24, 2.45) is 5.10 Å². The Labute approximate surface area is 162 Å². The maximum Gasteiger partial charge on any atom is 0.417 e. The molecule has 150 valence electrons. The van der Waals surface area contributed by atoms with E-state index in [9.17, 15) is 27.5 Å². The molecule has 1 aliphatic heterocycles. The number of nitriles is 1. The Hall–Kier alpha value is -3.61. The van der Waals surface area contributed by atoms with Crippen LogP contribution in [0.2, 0.25) is 0 Å². The van der Waals surface area contributed by atoms with E-state index < -0.39 is 40.3 Å². The Kier molecular flexibility index (Phi) is 4.92. The Bertz CT molecular complexity index is 1060. The Morgan fingerprint density at radius 3 is 2.72 bits per heavy atom. The van der Waals surface area contributed by atoms with E-state index in [1.165, 1.54) is 31.2 Å². The molecule has 3 rings (SSSR count). The predicted molar refractivity (Wildman–Crippen MR) is 95.5 cm³/mol. The van der Waals surface area contributed by atoms with Gasteiger partial charge in [0.25, 0.3) is 5.91 Å². The van der Waals surface area contributed by atoms with E-state index in [-0.39, 0.29) is 23.4 Å². The molecule has 0 radical (unpaired) electrons. The fourth-order valence-electron chi connectivity index (χ4n) is 2.86. The number of carbonyl (C=O) groups excluding carboxylic acids is 1. The fourth-order valence-corrected chi connectivity index (χ4v) is 2.86. The van der Waals surface area contributed by atoms with Gasteiger partial charge in [-0.1, -0.05) is 6.07 Å². The number of hydrazone groups is 1. The summed E-state index contributed by atoms with van der Waals surface area (Å²) in [5, 5.41) is 24.6. The van der Waals surface area contributed by atoms with Crippen molar-refractivity contribution in [2.75, 3.05) is 5.32 Å². The number of phenolic OH excluding ortho intramolecular Hbond substituents is 1. The van der Waals surface area contributed by atoms with E-state index in [0.717, 1.165) is 12.1 Å². The third-order valence-electron chi connectivity index (χ3n) is 4.45. The monoisotopic (exact) mass is 406 g/mol. The van der Waals surface area contributed by atoms with Gasteiger partial charge < -0.3 is 10.4 Å². The first-order valence-electron chi connectivity index (χ1n) is 8.29. The summed E-state index contributed by atoms with van der Waals surface area (Å²) in [6.45, 7) is 1.45. The van der Waals surface area contributed by atoms with E-state index in [2.05, 4.69) is 15.8 Å². The molecule has 2 aromatic rings. The summed E-state index contributed by atoms with van der Waals surface area (Å²) >= 11 is 0. The van der Waals surface area contributed by atoms with E-state index in [1.807, 2.05) is 0 Å². The Morgan fingerprint density at radius 2 is 2.07 bits per heavy atom. The second-order valence-electron chi connectivity index (χ2n) is 6.64. The molecule has 0 fully saturated rings. The van der Waals surface area contributed by atoms with Gasteiger partial charge in [-0.2, -0.15) is 23.5 Å². The van der Waals surface area contributed by atoms with Crippen molar-refractivity contribution in [2.45, 2.75) is 25.1 Å². The predicted octanol–water partition coefficient (Wildman–Crippen LogP) is 3.52. The third kappa shape index (κ3) is 3.85. The number of nitrogens with one attached hydrogen (secondary N) is 2. The molecule has 0 aromatic heterocycles. The van der Waals surface area contributed by atoms with Gasteiger partial charge in [0, 0.05) is 17.7 Å². The number of phenols is 1. The molecule has 1 aliphatic rings. The van der Waals surface area contributed by atoms with Crippen LogP contribution >= 0.6 is 0 Å². The number of alkyl halides is 3. The lowest BCUT2D eigenvalue weighted by molar-refractivity contribution is -0.137. The Morgan fingerprint density at radius 1 is 1.34 bits per heavy atom. The highest BCUT2D eigenvalue weighted by atomic mass is 19.4. The third-order valence-corrected chi connectivity index (χ3v) is 4.45. The number of benzene rings is 2. The molecular weight excluding hydrogens is 392 g/mol. The van der Waals surface area contributed by atoms with Crippen LogP contribution in [0, 0.1) is 17.1 Å². The van der Waals surface area contributed by atoms with Crippen LogP contribution in [0.4, 0.5) is 23.2 Å². The minimum absolute atomic E-state index is 0.00626. The van der Waals surface area contributed by atoms with Crippen molar-refractivity contribution < 1.29 is 27.5 Å². The van der Waals surface area contributed by atoms with Gasteiger partial charge in [0.2, 0.25) is 0 Å². The van der Waals surface area contributed by atoms with E-state index >= 15 is 0 Å². The fraction of sp³-hybridized carbons (Fsp3) is 0.211. The number of amides is 1. The maximum absolute atomic E-state index is 14.1. The summed E-state index contributed by atoms with van der Waals surface area (Å²) in [5.41, 5.74) is -0.495. The molecule has 10 heteroatoms. The lowest BCUT2D eigenvalue weighted by Crippen LogP contribution is -2.47. The van der Waals surface area contributed by atoms with E-state index in [0.29, 0.717) is 6.07 Å². The number of rotatable bonds is 3. The van der Waals surface area contributed by atoms with Gasteiger partial charge in [-0.15, -0.1) is 0 Å². The first-order chi connectivity index (χ1) is 13.5. The topological polar surface area (TPSA) is 97.5 Å². The molecule has 2 aromatic carbocycles. The van der Waals surface area contributed by atoms with Crippen LogP contribution in [0.3, 0.4) is 0 Å². The molecule has 1 atom stereocenters. The highest BCUT2D eigenvalue weighted by Gasteiger charge is 2.40. The molecule has 3 N–H and O–H groups in total. The summed E-state index contributed by atoms with van der Waals surface area (Å²) in [5.74, 6) is -2.16. The highest BCUT2D eigenvalue weighted by Crippen LogP contribution is 2.34. The van der Waals surface area contributed by atoms with Crippen LogP contribution < -0.4 is 10.7 Å². The molecule has 6 nitrogen and oxygen atoms in total. The molecule has 0 spiro atoms. The van der Waals surface area contributed by atoms with Crippen molar-refractivity contribution in [1.82, 2.24) is 5.43 Å². The number of hydrogen-bond donors (Lipinski definition) is 3. The zero-order valence-corrected chi connectivity index (χ0v) is 14.9. The largest absolute Gasteiger partial charge is 0.505 e. The van der Waals surface area contributed by atoms with Crippen molar-refractivity contribution in [3.8, 4) is 11.8 Å². The first kappa shape index (κ1) is 20.1. The van der Waals surface area contributed by atoms with Gasteiger partial charge >= 0.3 is 6.18 Å². The van der Waals surface area contributed by atoms with E-state index in [4.69, 9.17) is 5.26 Å². The number of nitrogens with zero attached hydrogens (tertiary/aromatic N) is 2. The van der Waals surface area contributed by atoms with E-state index in [1.54, 1.807) is 0 Å². The normalized spacial score (nSPS) is 18.6. The summed E-state index contributed by atoms with van der Waals surface area (Å²) < 4.78 is 53.4. The number of carbonyl (C=O) groups is 1. The molecule has 0 saturated heterocycles. The van der Waals surface area contributed by atoms with Crippen LogP contribution in [0.1, 0.15) is 30.0 Å². The molecule has 0 bridgehead atoms. The summed E-state index contributed by atoms with van der Waals surface area (Å²) in [6.07, 6.45) is -4.83. The molecule has 1 heterocycles. The number of hydrogen-bond acceptors (Lipinski definition) is 5. The SMILES string of the molecule is CC1(C(=O)Nc2ccc(C#N)c(C(F)(F)F)c2)CC(c2cccc(O)c2F)=NN1. The van der Waals surface area contributed by atoms with Crippen molar-refractivity contribution >= 4 is 17.3 Å². The van der Waals surface area contributed by atoms with Crippen molar-refractivity contribution in [3.05, 3.63) is 58.9 Å². The number of aromatic hydroxyl groups is 1. The van der Waals surface area contributed by atoms with Crippen LogP contribution in [-0.2, 0) is 11.0 Å². The zero-order valence-electron chi connectivity index (χ0n) is 14.9. The quantitative estimate of drug-likeness (QED) is 0.680. The standard InChI is InChI=1S/C19H14F4N4O2/c1-18(8-14(26-27-18)12-3-2-4-15(28)16(12)20)17(29)25-11-6-5-10(9-24)13(7-11)19(21,22)23/h2-7,27-28H,8H2,1H3,(H,25,29). The molecule has 0 saturated carbocycles. The van der Waals surface area contributed by atoms with Gasteiger partial charge in [0.05, 0.1) is 22.9 Å². The smallest absolute Gasteiger partial charge is 0.417 e. The second kappa shape index (κ2) is 7.09. The molecule has 1 amide bonds. The minimum atomic E-state index is -4.76. The van der Waals surface area contributed by atoms with Crippen molar-refractivity contribution in [3.63, 3.8) is 0 Å². The van der Waals surface area contributed by atoms with Gasteiger partial charge in [-0.05, 0) is 37.3 Å². The summed E-state index contributed by atoms with van der Waals surface area (Å²) in [4.78, 5) is 12.6. The van der Waals surface area contributed by atoms with Crippen LogP contribution in [-0.4, -0.2) is 22.3 Å². The summed E-state index contributed by atoms with van der Waals surface area (Å²) in [7, 11) is 0. The van der Waals surface area contributed by atoms with Crippen LogP contribution in [0.5, 0.6) is 5.75 Å². The Balaban J connectivity index is 1.80. The first-order valence-corrected chi connectivity index (χ1v) is 8.29. The zero-order chi connectivity index (χ0) is 21.4. The number of halogens is 4. The van der Waals surface area contributed by atoms with Crippen LogP contribution in [0.15, 0.2) is 41.5 Å². The molecule has 1 unspecified atom stereocenters. The summed E-state index contributed by atoms with van der Waals surface area (Å²) in [6, 6.07) is 8.24. The highest BCUT2D eigenvalue weighted by molar-refractivity contribution is 6.09. The lowest BCUT2D eigenvalue weighted by Gasteiger charge is -2.23. The van der Waals surface area contributed by atoms with Gasteiger partial charge in [0.15, 0.2) is 11.6 Å². The van der Waals surface area contributed by atoms with Gasteiger partial charge in [-0.25, -0.2) is 4.39 Å². The van der Waals surface area contributed by atoms with Crippen LogP contribution in [0.25, 0.3) is 0 Å². The molecular formula is C19H14F4N4O2. The molecule has 0 aliphatic carbocycles. The number of anilines is 1.